The summed E-state index contributed by atoms with van der Waals surface area (Å²) in [7, 11) is 0. The lowest BCUT2D eigenvalue weighted by Gasteiger charge is -2.31. The number of piperidine rings is 1. The van der Waals surface area contributed by atoms with Crippen molar-refractivity contribution in [2.75, 3.05) is 18.0 Å². The van der Waals surface area contributed by atoms with E-state index in [1.165, 1.54) is 0 Å². The van der Waals surface area contributed by atoms with Gasteiger partial charge in [0.25, 0.3) is 0 Å². The van der Waals surface area contributed by atoms with Gasteiger partial charge in [-0.05, 0) is 18.9 Å². The predicted molar refractivity (Wildman–Crippen MR) is 64.8 cm³/mol. The topological polar surface area (TPSA) is 34.0 Å². The summed E-state index contributed by atoms with van der Waals surface area (Å²) in [5.41, 5.74) is 0. The van der Waals surface area contributed by atoms with E-state index in [1.807, 2.05) is 23.8 Å². The van der Waals surface area contributed by atoms with Crippen LogP contribution in [0.25, 0.3) is 0 Å². The van der Waals surface area contributed by atoms with Crippen LogP contribution in [0.5, 0.6) is 0 Å². The van der Waals surface area contributed by atoms with Crippen LogP contribution in [0.3, 0.4) is 0 Å². The fourth-order valence-corrected chi connectivity index (χ4v) is 2.89. The first-order valence-corrected chi connectivity index (χ1v) is 6.45. The molecule has 5 heteroatoms. The van der Waals surface area contributed by atoms with Gasteiger partial charge in [-0.15, -0.1) is 11.3 Å². The summed E-state index contributed by atoms with van der Waals surface area (Å²) < 4.78 is 2.08. The molecule has 4 nitrogen and oxygen atoms in total. The van der Waals surface area contributed by atoms with E-state index in [0.29, 0.717) is 6.04 Å². The van der Waals surface area contributed by atoms with Crippen LogP contribution in [0.15, 0.2) is 30.0 Å². The molecule has 3 heterocycles. The fraction of sp³-hybridized carbons (Fsp3) is 0.455. The lowest BCUT2D eigenvalue weighted by Crippen LogP contribution is -2.34. The van der Waals surface area contributed by atoms with Gasteiger partial charge in [-0.3, -0.25) is 4.68 Å². The summed E-state index contributed by atoms with van der Waals surface area (Å²) in [6, 6.07) is 2.55. The second-order valence-corrected chi connectivity index (χ2v) is 4.89. The van der Waals surface area contributed by atoms with Crippen molar-refractivity contribution in [2.24, 2.45) is 0 Å². The van der Waals surface area contributed by atoms with E-state index in [1.54, 1.807) is 11.3 Å². The molecule has 0 aromatic carbocycles. The van der Waals surface area contributed by atoms with Crippen LogP contribution in [-0.2, 0) is 0 Å². The molecule has 16 heavy (non-hydrogen) atoms. The molecular weight excluding hydrogens is 220 g/mol. The zero-order valence-corrected chi connectivity index (χ0v) is 9.81. The standard InChI is InChI=1S/C11H14N4S/c1-4-13-15(6-1)10-2-7-14(8-3-10)11-12-5-9-16-11/h1,4-6,9-10H,2-3,7-8H2. The van der Waals surface area contributed by atoms with Crippen molar-refractivity contribution >= 4 is 16.5 Å². The number of anilines is 1. The normalized spacial score (nSPS) is 17.9. The smallest absolute Gasteiger partial charge is 0.185 e. The second kappa shape index (κ2) is 4.25. The zero-order valence-electron chi connectivity index (χ0n) is 8.99. The minimum atomic E-state index is 0.561. The molecule has 0 unspecified atom stereocenters. The third kappa shape index (κ3) is 1.82. The Morgan fingerprint density at radius 2 is 2.12 bits per heavy atom. The van der Waals surface area contributed by atoms with Crippen LogP contribution >= 0.6 is 11.3 Å². The molecule has 2 aromatic rings. The van der Waals surface area contributed by atoms with E-state index < -0.39 is 0 Å². The summed E-state index contributed by atoms with van der Waals surface area (Å²) in [6.07, 6.45) is 8.10. The van der Waals surface area contributed by atoms with E-state index in [-0.39, 0.29) is 0 Å². The van der Waals surface area contributed by atoms with Gasteiger partial charge in [-0.1, -0.05) is 0 Å². The first-order valence-electron chi connectivity index (χ1n) is 5.57. The largest absolute Gasteiger partial charge is 0.348 e. The SMILES string of the molecule is c1cnn(C2CCN(c3nccs3)CC2)c1. The molecule has 0 saturated carbocycles. The number of aromatic nitrogens is 3. The molecule has 3 rings (SSSR count). The van der Waals surface area contributed by atoms with E-state index >= 15 is 0 Å². The summed E-state index contributed by atoms with van der Waals surface area (Å²) in [6.45, 7) is 2.16. The Kier molecular flexibility index (Phi) is 2.61. The fourth-order valence-electron chi connectivity index (χ4n) is 2.19. The minimum absolute atomic E-state index is 0.561. The van der Waals surface area contributed by atoms with Gasteiger partial charge in [0.2, 0.25) is 0 Å². The van der Waals surface area contributed by atoms with Crippen LogP contribution in [-0.4, -0.2) is 27.9 Å². The van der Waals surface area contributed by atoms with E-state index in [0.717, 1.165) is 31.1 Å². The van der Waals surface area contributed by atoms with E-state index in [4.69, 9.17) is 0 Å². The van der Waals surface area contributed by atoms with E-state index in [2.05, 4.69) is 25.9 Å². The Hall–Kier alpha value is -1.36. The Balaban J connectivity index is 1.64. The maximum absolute atomic E-state index is 4.35. The molecule has 0 spiro atoms. The third-order valence-corrected chi connectivity index (χ3v) is 3.89. The van der Waals surface area contributed by atoms with Crippen LogP contribution in [0.4, 0.5) is 5.13 Å². The van der Waals surface area contributed by atoms with Crippen molar-refractivity contribution in [1.82, 2.24) is 14.8 Å². The quantitative estimate of drug-likeness (QED) is 0.798. The molecule has 0 bridgehead atoms. The van der Waals surface area contributed by atoms with Crippen molar-refractivity contribution in [2.45, 2.75) is 18.9 Å². The van der Waals surface area contributed by atoms with Crippen molar-refractivity contribution in [1.29, 1.82) is 0 Å². The highest BCUT2D eigenvalue weighted by Gasteiger charge is 2.21. The number of hydrogen-bond acceptors (Lipinski definition) is 4. The van der Waals surface area contributed by atoms with Gasteiger partial charge in [-0.2, -0.15) is 5.10 Å². The van der Waals surface area contributed by atoms with Crippen molar-refractivity contribution in [3.63, 3.8) is 0 Å². The summed E-state index contributed by atoms with van der Waals surface area (Å²) in [5, 5.41) is 7.50. The first-order chi connectivity index (χ1) is 7.93. The number of thiazole rings is 1. The lowest BCUT2D eigenvalue weighted by atomic mass is 10.1. The van der Waals surface area contributed by atoms with Gasteiger partial charge in [-0.25, -0.2) is 4.98 Å². The summed E-state index contributed by atoms with van der Waals surface area (Å²) in [4.78, 5) is 6.72. The van der Waals surface area contributed by atoms with Gasteiger partial charge in [0, 0.05) is 37.1 Å². The minimum Gasteiger partial charge on any atom is -0.348 e. The number of nitrogens with zero attached hydrogens (tertiary/aromatic N) is 4. The third-order valence-electron chi connectivity index (χ3n) is 3.05. The lowest BCUT2D eigenvalue weighted by molar-refractivity contribution is 0.367. The molecule has 0 radical (unpaired) electrons. The average Bonchev–Trinajstić information content (AvgIpc) is 3.03. The Labute approximate surface area is 98.5 Å². The highest BCUT2D eigenvalue weighted by atomic mass is 32.1. The van der Waals surface area contributed by atoms with Crippen molar-refractivity contribution < 1.29 is 0 Å². The molecule has 0 atom stereocenters. The zero-order chi connectivity index (χ0) is 10.8. The van der Waals surface area contributed by atoms with Gasteiger partial charge in [0.05, 0.1) is 6.04 Å². The summed E-state index contributed by atoms with van der Waals surface area (Å²) in [5.74, 6) is 0. The monoisotopic (exact) mass is 234 g/mol. The van der Waals surface area contributed by atoms with Crippen LogP contribution < -0.4 is 4.90 Å². The van der Waals surface area contributed by atoms with Gasteiger partial charge < -0.3 is 4.90 Å². The molecule has 1 saturated heterocycles. The molecule has 2 aromatic heterocycles. The first kappa shape index (κ1) is 9.84. The highest BCUT2D eigenvalue weighted by Crippen LogP contribution is 2.26. The maximum Gasteiger partial charge on any atom is 0.185 e. The van der Waals surface area contributed by atoms with Crippen molar-refractivity contribution in [3.8, 4) is 0 Å². The maximum atomic E-state index is 4.35. The molecule has 1 aliphatic rings. The number of hydrogen-bond donors (Lipinski definition) is 0. The molecule has 0 amide bonds. The van der Waals surface area contributed by atoms with Crippen LogP contribution in [0.2, 0.25) is 0 Å². The van der Waals surface area contributed by atoms with Crippen LogP contribution in [0, 0.1) is 0 Å². The van der Waals surface area contributed by atoms with Crippen molar-refractivity contribution in [3.05, 3.63) is 30.0 Å². The Bertz CT molecular complexity index is 373. The Morgan fingerprint density at radius 3 is 2.75 bits per heavy atom. The molecular formula is C11H14N4S. The number of rotatable bonds is 2. The highest BCUT2D eigenvalue weighted by molar-refractivity contribution is 7.13. The average molecular weight is 234 g/mol. The second-order valence-electron chi connectivity index (χ2n) is 4.02. The van der Waals surface area contributed by atoms with Crippen LogP contribution in [0.1, 0.15) is 18.9 Å². The predicted octanol–water partition coefficient (Wildman–Crippen LogP) is 2.18. The van der Waals surface area contributed by atoms with E-state index in [9.17, 15) is 0 Å². The molecule has 1 fully saturated rings. The summed E-state index contributed by atoms with van der Waals surface area (Å²) >= 11 is 1.72. The Morgan fingerprint density at radius 1 is 1.25 bits per heavy atom. The van der Waals surface area contributed by atoms with Gasteiger partial charge >= 0.3 is 0 Å². The molecule has 0 N–H and O–H groups in total. The molecule has 0 aliphatic carbocycles. The molecule has 84 valence electrons. The molecule has 1 aliphatic heterocycles. The van der Waals surface area contributed by atoms with Gasteiger partial charge in [0.1, 0.15) is 0 Å². The van der Waals surface area contributed by atoms with Gasteiger partial charge in [0.15, 0.2) is 5.13 Å².